The molecule has 6 heteroatoms. The molecule has 0 unspecified atom stereocenters. The third-order valence-electron chi connectivity index (χ3n) is 5.01. The average Bonchev–Trinajstić information content (AvgIpc) is 3.20. The monoisotopic (exact) mass is 369 g/mol. The van der Waals surface area contributed by atoms with Gasteiger partial charge in [-0.05, 0) is 50.3 Å². The van der Waals surface area contributed by atoms with Crippen LogP contribution in [0.4, 0.5) is 0 Å². The highest BCUT2D eigenvalue weighted by molar-refractivity contribution is 5.94. The SMILES string of the molecule is COc1ncnc(C)c1-c1ccc(C(=O)N(C)CCC[C@@H]2CCCO2)cc1. The van der Waals surface area contributed by atoms with E-state index in [9.17, 15) is 4.79 Å². The molecule has 144 valence electrons. The van der Waals surface area contributed by atoms with Crippen molar-refractivity contribution in [2.24, 2.45) is 0 Å². The van der Waals surface area contributed by atoms with Crippen LogP contribution in [-0.2, 0) is 4.74 Å². The second-order valence-electron chi connectivity index (χ2n) is 6.92. The highest BCUT2D eigenvalue weighted by Crippen LogP contribution is 2.30. The summed E-state index contributed by atoms with van der Waals surface area (Å²) in [5.74, 6) is 0.565. The summed E-state index contributed by atoms with van der Waals surface area (Å²) in [6.45, 7) is 3.53. The van der Waals surface area contributed by atoms with E-state index in [4.69, 9.17) is 9.47 Å². The van der Waals surface area contributed by atoms with Gasteiger partial charge in [-0.3, -0.25) is 4.79 Å². The van der Waals surface area contributed by atoms with Crippen molar-refractivity contribution in [1.82, 2.24) is 14.9 Å². The van der Waals surface area contributed by atoms with E-state index in [0.717, 1.165) is 55.7 Å². The molecule has 2 aromatic rings. The Morgan fingerprint density at radius 3 is 2.74 bits per heavy atom. The Hall–Kier alpha value is -2.47. The van der Waals surface area contributed by atoms with Crippen LogP contribution in [0, 0.1) is 6.92 Å². The van der Waals surface area contributed by atoms with Gasteiger partial charge < -0.3 is 14.4 Å². The Balaban J connectivity index is 1.63. The first-order valence-electron chi connectivity index (χ1n) is 9.43. The Morgan fingerprint density at radius 2 is 2.07 bits per heavy atom. The molecule has 1 aliphatic heterocycles. The van der Waals surface area contributed by atoms with E-state index in [0.29, 0.717) is 17.5 Å². The van der Waals surface area contributed by atoms with Crippen molar-refractivity contribution in [3.63, 3.8) is 0 Å². The minimum Gasteiger partial charge on any atom is -0.480 e. The Kier molecular flexibility index (Phi) is 6.40. The molecule has 2 heterocycles. The normalized spacial score (nSPS) is 16.3. The fourth-order valence-corrected chi connectivity index (χ4v) is 3.47. The molecular weight excluding hydrogens is 342 g/mol. The van der Waals surface area contributed by atoms with Gasteiger partial charge in [0.05, 0.1) is 24.5 Å². The largest absolute Gasteiger partial charge is 0.480 e. The van der Waals surface area contributed by atoms with E-state index >= 15 is 0 Å². The van der Waals surface area contributed by atoms with Crippen LogP contribution in [0.5, 0.6) is 5.88 Å². The minimum absolute atomic E-state index is 0.0295. The van der Waals surface area contributed by atoms with Crippen LogP contribution in [-0.4, -0.2) is 54.2 Å². The van der Waals surface area contributed by atoms with Crippen LogP contribution in [0.15, 0.2) is 30.6 Å². The number of methoxy groups -OCH3 is 1. The van der Waals surface area contributed by atoms with Gasteiger partial charge in [0.1, 0.15) is 6.33 Å². The molecule has 27 heavy (non-hydrogen) atoms. The van der Waals surface area contributed by atoms with E-state index in [2.05, 4.69) is 9.97 Å². The first kappa shape index (κ1) is 19.3. The van der Waals surface area contributed by atoms with Gasteiger partial charge in [-0.25, -0.2) is 9.97 Å². The molecule has 1 amide bonds. The van der Waals surface area contributed by atoms with E-state index in [1.807, 2.05) is 38.2 Å². The summed E-state index contributed by atoms with van der Waals surface area (Å²) in [4.78, 5) is 22.8. The molecule has 0 saturated carbocycles. The predicted octanol–water partition coefficient (Wildman–Crippen LogP) is 3.49. The molecule has 0 aliphatic carbocycles. The first-order chi connectivity index (χ1) is 13.1. The van der Waals surface area contributed by atoms with Gasteiger partial charge in [0, 0.05) is 25.8 Å². The number of ether oxygens (including phenoxy) is 2. The van der Waals surface area contributed by atoms with Crippen molar-refractivity contribution in [3.8, 4) is 17.0 Å². The molecule has 3 rings (SSSR count). The first-order valence-corrected chi connectivity index (χ1v) is 9.43. The number of benzene rings is 1. The van der Waals surface area contributed by atoms with E-state index in [1.165, 1.54) is 6.33 Å². The van der Waals surface area contributed by atoms with Crippen molar-refractivity contribution < 1.29 is 14.3 Å². The van der Waals surface area contributed by atoms with Crippen molar-refractivity contribution in [2.45, 2.75) is 38.7 Å². The van der Waals surface area contributed by atoms with Crippen LogP contribution in [0.2, 0.25) is 0 Å². The van der Waals surface area contributed by atoms with Gasteiger partial charge in [-0.15, -0.1) is 0 Å². The Labute approximate surface area is 160 Å². The van der Waals surface area contributed by atoms with Crippen LogP contribution < -0.4 is 4.74 Å². The predicted molar refractivity (Wildman–Crippen MR) is 104 cm³/mol. The smallest absolute Gasteiger partial charge is 0.253 e. The second kappa shape index (κ2) is 8.95. The van der Waals surface area contributed by atoms with Gasteiger partial charge in [0.2, 0.25) is 5.88 Å². The topological polar surface area (TPSA) is 64.6 Å². The van der Waals surface area contributed by atoms with Crippen molar-refractivity contribution in [2.75, 3.05) is 27.3 Å². The summed E-state index contributed by atoms with van der Waals surface area (Å²) >= 11 is 0. The van der Waals surface area contributed by atoms with Gasteiger partial charge in [-0.2, -0.15) is 0 Å². The lowest BCUT2D eigenvalue weighted by Crippen LogP contribution is -2.28. The quantitative estimate of drug-likeness (QED) is 0.747. The number of nitrogens with zero attached hydrogens (tertiary/aromatic N) is 3. The van der Waals surface area contributed by atoms with E-state index < -0.39 is 0 Å². The maximum atomic E-state index is 12.7. The highest BCUT2D eigenvalue weighted by atomic mass is 16.5. The molecule has 1 aliphatic rings. The summed E-state index contributed by atoms with van der Waals surface area (Å²) in [5, 5.41) is 0. The fraction of sp³-hybridized carbons (Fsp3) is 0.476. The summed E-state index contributed by atoms with van der Waals surface area (Å²) in [5.41, 5.74) is 3.30. The molecule has 1 aromatic heterocycles. The van der Waals surface area contributed by atoms with Crippen LogP contribution in [0.25, 0.3) is 11.1 Å². The third kappa shape index (κ3) is 4.63. The molecule has 0 bridgehead atoms. The molecule has 1 saturated heterocycles. The van der Waals surface area contributed by atoms with Crippen LogP contribution >= 0.6 is 0 Å². The Morgan fingerprint density at radius 1 is 1.30 bits per heavy atom. The molecule has 1 fully saturated rings. The lowest BCUT2D eigenvalue weighted by molar-refractivity contribution is 0.0763. The molecule has 1 atom stereocenters. The van der Waals surface area contributed by atoms with Gasteiger partial charge >= 0.3 is 0 Å². The number of hydrogen-bond acceptors (Lipinski definition) is 5. The van der Waals surface area contributed by atoms with Crippen LogP contribution in [0.1, 0.15) is 41.7 Å². The maximum absolute atomic E-state index is 12.7. The summed E-state index contributed by atoms with van der Waals surface area (Å²) < 4.78 is 11.0. The highest BCUT2D eigenvalue weighted by Gasteiger charge is 2.17. The van der Waals surface area contributed by atoms with Crippen molar-refractivity contribution in [1.29, 1.82) is 0 Å². The zero-order chi connectivity index (χ0) is 19.2. The maximum Gasteiger partial charge on any atom is 0.253 e. The van der Waals surface area contributed by atoms with Crippen molar-refractivity contribution in [3.05, 3.63) is 41.9 Å². The summed E-state index contributed by atoms with van der Waals surface area (Å²) in [6, 6.07) is 7.53. The number of hydrogen-bond donors (Lipinski definition) is 0. The number of aryl methyl sites for hydroxylation is 1. The number of amides is 1. The zero-order valence-electron chi connectivity index (χ0n) is 16.3. The van der Waals surface area contributed by atoms with Gasteiger partial charge in [0.15, 0.2) is 0 Å². The molecule has 0 radical (unpaired) electrons. The minimum atomic E-state index is 0.0295. The third-order valence-corrected chi connectivity index (χ3v) is 5.01. The van der Waals surface area contributed by atoms with Crippen molar-refractivity contribution >= 4 is 5.91 Å². The lowest BCUT2D eigenvalue weighted by Gasteiger charge is -2.18. The molecule has 0 N–H and O–H groups in total. The van der Waals surface area contributed by atoms with E-state index in [-0.39, 0.29) is 5.91 Å². The van der Waals surface area contributed by atoms with Crippen LogP contribution in [0.3, 0.4) is 0 Å². The molecule has 6 nitrogen and oxygen atoms in total. The number of aromatic nitrogens is 2. The lowest BCUT2D eigenvalue weighted by atomic mass is 10.0. The zero-order valence-corrected chi connectivity index (χ0v) is 16.3. The fourth-order valence-electron chi connectivity index (χ4n) is 3.47. The molecular formula is C21H27N3O3. The average molecular weight is 369 g/mol. The number of carbonyl (C=O) groups is 1. The van der Waals surface area contributed by atoms with E-state index in [1.54, 1.807) is 12.0 Å². The number of carbonyl (C=O) groups excluding carboxylic acids is 1. The van der Waals surface area contributed by atoms with Gasteiger partial charge in [-0.1, -0.05) is 12.1 Å². The standard InChI is InChI=1S/C21H27N3O3/c1-15-19(20(26-3)23-14-22-15)16-8-10-17(11-9-16)21(25)24(2)12-4-6-18-7-5-13-27-18/h8-11,14,18H,4-7,12-13H2,1-3H3/t18-/m1/s1. The Bertz CT molecular complexity index is 771. The molecule has 1 aromatic carbocycles. The van der Waals surface area contributed by atoms with Gasteiger partial charge in [0.25, 0.3) is 5.91 Å². The summed E-state index contributed by atoms with van der Waals surface area (Å²) in [6.07, 6.45) is 6.14. The number of rotatable bonds is 7. The summed E-state index contributed by atoms with van der Waals surface area (Å²) in [7, 11) is 3.44. The second-order valence-corrected chi connectivity index (χ2v) is 6.92. The molecule has 0 spiro atoms.